The summed E-state index contributed by atoms with van der Waals surface area (Å²) in [5, 5.41) is 14.7. The number of aliphatic carboxylic acids is 1. The van der Waals surface area contributed by atoms with E-state index in [9.17, 15) is 9.59 Å². The van der Waals surface area contributed by atoms with Crippen molar-refractivity contribution >= 4 is 12.0 Å². The molecule has 1 fully saturated rings. The first-order chi connectivity index (χ1) is 9.56. The number of carboxylic acids is 1. The van der Waals surface area contributed by atoms with E-state index in [0.717, 1.165) is 44.9 Å². The first-order valence-corrected chi connectivity index (χ1v) is 7.85. The highest BCUT2D eigenvalue weighted by atomic mass is 16.4. The van der Waals surface area contributed by atoms with Crippen LogP contribution in [0.1, 0.15) is 65.2 Å². The van der Waals surface area contributed by atoms with Gasteiger partial charge in [-0.3, -0.25) is 4.79 Å². The first kappa shape index (κ1) is 16.8. The van der Waals surface area contributed by atoms with Crippen molar-refractivity contribution in [3.05, 3.63) is 0 Å². The van der Waals surface area contributed by atoms with Crippen molar-refractivity contribution in [1.82, 2.24) is 10.6 Å². The number of carbonyl (C=O) groups is 2. The van der Waals surface area contributed by atoms with Gasteiger partial charge in [-0.1, -0.05) is 33.1 Å². The number of carboxylic acid groups (broad SMARTS) is 1. The molecule has 1 aliphatic carbocycles. The fraction of sp³-hybridized carbons (Fsp3) is 0.867. The third-order valence-corrected chi connectivity index (χ3v) is 3.78. The van der Waals surface area contributed by atoms with Crippen LogP contribution in [-0.2, 0) is 4.79 Å². The second-order valence-corrected chi connectivity index (χ2v) is 5.79. The molecule has 2 amide bonds. The Morgan fingerprint density at radius 3 is 2.35 bits per heavy atom. The van der Waals surface area contributed by atoms with E-state index in [4.69, 9.17) is 5.11 Å². The van der Waals surface area contributed by atoms with Crippen molar-refractivity contribution in [3.63, 3.8) is 0 Å². The predicted molar refractivity (Wildman–Crippen MR) is 78.7 cm³/mol. The molecule has 5 nitrogen and oxygen atoms in total. The molecule has 0 aromatic carbocycles. The van der Waals surface area contributed by atoms with E-state index in [1.807, 2.05) is 0 Å². The van der Waals surface area contributed by atoms with Crippen molar-refractivity contribution in [2.75, 3.05) is 0 Å². The topological polar surface area (TPSA) is 78.4 Å². The van der Waals surface area contributed by atoms with Gasteiger partial charge in [0.15, 0.2) is 0 Å². The summed E-state index contributed by atoms with van der Waals surface area (Å²) >= 11 is 0. The van der Waals surface area contributed by atoms with E-state index in [1.165, 1.54) is 0 Å². The molecule has 1 aliphatic rings. The van der Waals surface area contributed by atoms with Crippen LogP contribution in [0.4, 0.5) is 4.79 Å². The zero-order valence-electron chi connectivity index (χ0n) is 12.7. The number of unbranched alkanes of at least 4 members (excludes halogenated alkanes) is 1. The van der Waals surface area contributed by atoms with Crippen molar-refractivity contribution in [2.45, 2.75) is 77.3 Å². The zero-order chi connectivity index (χ0) is 15.0. The highest BCUT2D eigenvalue weighted by molar-refractivity contribution is 5.76. The molecule has 0 aromatic rings. The molecule has 2 atom stereocenters. The molecule has 2 unspecified atom stereocenters. The molecular weight excluding hydrogens is 256 g/mol. The number of nitrogens with one attached hydrogen (secondary N) is 2. The Morgan fingerprint density at radius 1 is 1.15 bits per heavy atom. The average molecular weight is 284 g/mol. The third-order valence-electron chi connectivity index (χ3n) is 3.78. The van der Waals surface area contributed by atoms with E-state index >= 15 is 0 Å². The lowest BCUT2D eigenvalue weighted by atomic mass is 10.1. The minimum Gasteiger partial charge on any atom is -0.481 e. The maximum absolute atomic E-state index is 12.0. The number of urea groups is 1. The summed E-state index contributed by atoms with van der Waals surface area (Å²) in [6.45, 7) is 4.25. The van der Waals surface area contributed by atoms with Gasteiger partial charge in [0, 0.05) is 12.1 Å². The molecule has 5 heteroatoms. The minimum atomic E-state index is -0.849. The average Bonchev–Trinajstić information content (AvgIpc) is 3.19. The highest BCUT2D eigenvalue weighted by Crippen LogP contribution is 2.34. The zero-order valence-corrected chi connectivity index (χ0v) is 12.7. The van der Waals surface area contributed by atoms with E-state index in [1.54, 1.807) is 0 Å². The van der Waals surface area contributed by atoms with Crippen molar-refractivity contribution in [1.29, 1.82) is 0 Å². The molecule has 116 valence electrons. The minimum absolute atomic E-state index is 0.0193. The Labute approximate surface area is 121 Å². The van der Waals surface area contributed by atoms with Crippen LogP contribution in [0.25, 0.3) is 0 Å². The maximum Gasteiger partial charge on any atom is 0.315 e. The van der Waals surface area contributed by atoms with Gasteiger partial charge in [0.05, 0.1) is 6.42 Å². The first-order valence-electron chi connectivity index (χ1n) is 7.85. The SMILES string of the molecule is CCCCC(CCC)NC(=O)NC(CC(=O)O)C1CC1. The molecule has 1 rings (SSSR count). The fourth-order valence-corrected chi connectivity index (χ4v) is 2.51. The molecule has 20 heavy (non-hydrogen) atoms. The second-order valence-electron chi connectivity index (χ2n) is 5.79. The molecule has 1 saturated carbocycles. The van der Waals surface area contributed by atoms with Gasteiger partial charge in [-0.05, 0) is 31.6 Å². The molecule has 0 radical (unpaired) electrons. The van der Waals surface area contributed by atoms with Crippen LogP contribution in [0.3, 0.4) is 0 Å². The van der Waals surface area contributed by atoms with E-state index < -0.39 is 5.97 Å². The van der Waals surface area contributed by atoms with E-state index in [-0.39, 0.29) is 24.5 Å². The van der Waals surface area contributed by atoms with Gasteiger partial charge >= 0.3 is 12.0 Å². The normalized spacial score (nSPS) is 17.3. The van der Waals surface area contributed by atoms with Crippen LogP contribution in [0.2, 0.25) is 0 Å². The lowest BCUT2D eigenvalue weighted by Crippen LogP contribution is -2.47. The van der Waals surface area contributed by atoms with E-state index in [2.05, 4.69) is 24.5 Å². The summed E-state index contributed by atoms with van der Waals surface area (Å²) in [5.41, 5.74) is 0. The maximum atomic E-state index is 12.0. The van der Waals surface area contributed by atoms with Crippen LogP contribution < -0.4 is 10.6 Å². The van der Waals surface area contributed by atoms with Gasteiger partial charge in [-0.25, -0.2) is 4.79 Å². The van der Waals surface area contributed by atoms with Gasteiger partial charge in [0.2, 0.25) is 0 Å². The Bertz CT molecular complexity index is 316. The van der Waals surface area contributed by atoms with Crippen LogP contribution >= 0.6 is 0 Å². The molecule has 0 spiro atoms. The number of carbonyl (C=O) groups excluding carboxylic acids is 1. The van der Waals surface area contributed by atoms with Gasteiger partial charge in [-0.15, -0.1) is 0 Å². The van der Waals surface area contributed by atoms with Crippen LogP contribution in [0.5, 0.6) is 0 Å². The Morgan fingerprint density at radius 2 is 1.85 bits per heavy atom. The highest BCUT2D eigenvalue weighted by Gasteiger charge is 2.33. The Balaban J connectivity index is 2.39. The molecule has 3 N–H and O–H groups in total. The summed E-state index contributed by atoms with van der Waals surface area (Å²) in [7, 11) is 0. The quantitative estimate of drug-likeness (QED) is 0.577. The Hall–Kier alpha value is -1.26. The van der Waals surface area contributed by atoms with Gasteiger partial charge in [0.1, 0.15) is 0 Å². The van der Waals surface area contributed by atoms with Crippen LogP contribution in [0, 0.1) is 5.92 Å². The van der Waals surface area contributed by atoms with Crippen molar-refractivity contribution in [2.24, 2.45) is 5.92 Å². The molecule has 0 aliphatic heterocycles. The molecule has 0 aromatic heterocycles. The molecule has 0 heterocycles. The third kappa shape index (κ3) is 6.78. The predicted octanol–water partition coefficient (Wildman–Crippen LogP) is 2.90. The van der Waals surface area contributed by atoms with Crippen LogP contribution in [0.15, 0.2) is 0 Å². The monoisotopic (exact) mass is 284 g/mol. The Kier molecular flexibility index (Phi) is 7.41. The number of hydrogen-bond donors (Lipinski definition) is 3. The summed E-state index contributed by atoms with van der Waals surface area (Å²) in [6, 6.07) is -0.233. The number of hydrogen-bond acceptors (Lipinski definition) is 2. The smallest absolute Gasteiger partial charge is 0.315 e. The van der Waals surface area contributed by atoms with Crippen LogP contribution in [-0.4, -0.2) is 29.2 Å². The van der Waals surface area contributed by atoms with Crippen molar-refractivity contribution in [3.8, 4) is 0 Å². The number of rotatable bonds is 10. The summed E-state index contributed by atoms with van der Waals surface area (Å²) < 4.78 is 0. The van der Waals surface area contributed by atoms with E-state index in [0.29, 0.717) is 5.92 Å². The fourth-order valence-electron chi connectivity index (χ4n) is 2.51. The van der Waals surface area contributed by atoms with Gasteiger partial charge in [0.25, 0.3) is 0 Å². The lowest BCUT2D eigenvalue weighted by Gasteiger charge is -2.21. The molecular formula is C15H28N2O3. The summed E-state index contributed by atoms with van der Waals surface area (Å²) in [6.07, 6.45) is 7.28. The van der Waals surface area contributed by atoms with Gasteiger partial charge < -0.3 is 15.7 Å². The summed E-state index contributed by atoms with van der Waals surface area (Å²) in [5.74, 6) is -0.504. The largest absolute Gasteiger partial charge is 0.481 e. The molecule has 0 bridgehead atoms. The van der Waals surface area contributed by atoms with Gasteiger partial charge in [-0.2, -0.15) is 0 Å². The second kappa shape index (κ2) is 8.82. The number of amides is 2. The lowest BCUT2D eigenvalue weighted by molar-refractivity contribution is -0.137. The molecule has 0 saturated heterocycles. The van der Waals surface area contributed by atoms with Crippen molar-refractivity contribution < 1.29 is 14.7 Å². The standard InChI is InChI=1S/C15H28N2O3/c1-3-5-7-12(6-4-2)16-15(20)17-13(10-14(18)19)11-8-9-11/h11-13H,3-10H2,1-2H3,(H,18,19)(H2,16,17,20). The summed E-state index contributed by atoms with van der Waals surface area (Å²) in [4.78, 5) is 22.8.